The molecule has 0 amide bonds. The van der Waals surface area contributed by atoms with E-state index >= 15 is 0 Å². The number of hydrogen-bond acceptors (Lipinski definition) is 3. The largest absolute Gasteiger partial charge is 0.427 e. The summed E-state index contributed by atoms with van der Waals surface area (Å²) in [6, 6.07) is 15.3. The third-order valence-electron chi connectivity index (χ3n) is 8.25. The molecular weight excluding hydrogens is 431 g/mol. The Labute approximate surface area is 214 Å². The van der Waals surface area contributed by atoms with E-state index in [1.807, 2.05) is 33.8 Å². The molecule has 191 valence electrons. The third-order valence-corrected chi connectivity index (χ3v) is 8.25. The summed E-state index contributed by atoms with van der Waals surface area (Å²) in [5.41, 5.74) is 3.47. The first kappa shape index (κ1) is 29.4. The molecule has 4 heteroatoms. The summed E-state index contributed by atoms with van der Waals surface area (Å²) in [6.45, 7) is 18.0. The first-order valence-corrected chi connectivity index (χ1v) is 13.1. The number of benzene rings is 2. The molecule has 0 atom stereocenters. The average molecular weight is 478 g/mol. The molecule has 2 rings (SSSR count). The molecule has 0 aliphatic heterocycles. The first-order valence-electron chi connectivity index (χ1n) is 13.1. The Morgan fingerprint density at radius 3 is 1.80 bits per heavy atom. The summed E-state index contributed by atoms with van der Waals surface area (Å²) in [5.74, 6) is 0. The van der Waals surface area contributed by atoms with Crippen LogP contribution in [0.2, 0.25) is 0 Å². The summed E-state index contributed by atoms with van der Waals surface area (Å²) < 4.78 is 5.94. The SMILES string of the molecule is CCC(O)(/C=C/c1ccc(C(CC)(CC)c2ccc([B]OC(C)(C)C(C)(C)O)cc2)cc1C)CC. The van der Waals surface area contributed by atoms with Crippen molar-refractivity contribution in [3.05, 3.63) is 70.8 Å². The number of aliphatic hydroxyl groups is 2. The van der Waals surface area contributed by atoms with Crippen molar-refractivity contribution < 1.29 is 14.9 Å². The van der Waals surface area contributed by atoms with Gasteiger partial charge in [-0.15, -0.1) is 0 Å². The van der Waals surface area contributed by atoms with Gasteiger partial charge in [0.15, 0.2) is 0 Å². The fraction of sp³-hybridized carbons (Fsp3) is 0.548. The van der Waals surface area contributed by atoms with Gasteiger partial charge in [-0.1, -0.05) is 87.8 Å². The van der Waals surface area contributed by atoms with Crippen LogP contribution in [0.25, 0.3) is 6.08 Å². The molecule has 0 aromatic heterocycles. The van der Waals surface area contributed by atoms with Crippen LogP contribution in [0.15, 0.2) is 48.5 Å². The average Bonchev–Trinajstić information content (AvgIpc) is 2.83. The minimum atomic E-state index is -0.950. The molecule has 0 unspecified atom stereocenters. The summed E-state index contributed by atoms with van der Waals surface area (Å²) in [7, 11) is 1.74. The lowest BCUT2D eigenvalue weighted by atomic mass is 9.69. The van der Waals surface area contributed by atoms with Gasteiger partial charge in [0.25, 0.3) is 0 Å². The Bertz CT molecular complexity index is 975. The summed E-state index contributed by atoms with van der Waals surface area (Å²) in [4.78, 5) is 0. The second-order valence-electron chi connectivity index (χ2n) is 10.9. The van der Waals surface area contributed by atoms with Crippen LogP contribution in [0.1, 0.15) is 103 Å². The van der Waals surface area contributed by atoms with Crippen LogP contribution in [0, 0.1) is 6.92 Å². The fourth-order valence-corrected chi connectivity index (χ4v) is 4.36. The fourth-order valence-electron chi connectivity index (χ4n) is 4.36. The Morgan fingerprint density at radius 1 is 0.800 bits per heavy atom. The van der Waals surface area contributed by atoms with E-state index in [9.17, 15) is 10.2 Å². The summed E-state index contributed by atoms with van der Waals surface area (Å²) >= 11 is 0. The van der Waals surface area contributed by atoms with Crippen LogP contribution in [0.3, 0.4) is 0 Å². The van der Waals surface area contributed by atoms with Crippen LogP contribution in [0.5, 0.6) is 0 Å². The van der Waals surface area contributed by atoms with Crippen LogP contribution in [-0.4, -0.2) is 34.5 Å². The van der Waals surface area contributed by atoms with Crippen molar-refractivity contribution in [2.45, 2.75) is 110 Å². The van der Waals surface area contributed by atoms with E-state index in [1.165, 1.54) is 16.7 Å². The Morgan fingerprint density at radius 2 is 1.34 bits per heavy atom. The van der Waals surface area contributed by atoms with E-state index in [1.54, 1.807) is 21.3 Å². The Balaban J connectivity index is 2.32. The van der Waals surface area contributed by atoms with Gasteiger partial charge in [-0.25, -0.2) is 0 Å². The molecule has 2 aromatic carbocycles. The number of aryl methyl sites for hydroxylation is 1. The van der Waals surface area contributed by atoms with Crippen LogP contribution in [-0.2, 0) is 10.1 Å². The highest BCUT2D eigenvalue weighted by Gasteiger charge is 2.36. The standard InChI is InChI=1S/C31H46BO3/c1-10-30(34,11-2)21-20-24-14-15-26(22-23(24)5)31(12-3,13-4)25-16-18-27(19-17-25)32-35-29(8,9)28(6,7)33/h14-22,33-34H,10-13H2,1-9H3/b21-20+. The smallest absolute Gasteiger partial charge is 0.330 e. The molecule has 3 nitrogen and oxygen atoms in total. The van der Waals surface area contributed by atoms with E-state index in [4.69, 9.17) is 4.65 Å². The van der Waals surface area contributed by atoms with Gasteiger partial charge in [0, 0.05) is 5.41 Å². The highest BCUT2D eigenvalue weighted by atomic mass is 16.5. The predicted molar refractivity (Wildman–Crippen MR) is 150 cm³/mol. The highest BCUT2D eigenvalue weighted by Crippen LogP contribution is 2.39. The molecule has 0 aliphatic rings. The van der Waals surface area contributed by atoms with Crippen molar-refractivity contribution in [2.24, 2.45) is 0 Å². The number of rotatable bonds is 12. The molecule has 35 heavy (non-hydrogen) atoms. The normalized spacial score (nSPS) is 13.5. The molecule has 2 aromatic rings. The molecule has 0 aliphatic carbocycles. The molecule has 0 heterocycles. The Kier molecular flexibility index (Phi) is 9.61. The van der Waals surface area contributed by atoms with E-state index in [0.717, 1.165) is 23.9 Å². The third kappa shape index (κ3) is 6.67. The Hall–Kier alpha value is -1.88. The van der Waals surface area contributed by atoms with Crippen LogP contribution < -0.4 is 5.46 Å². The molecule has 2 N–H and O–H groups in total. The highest BCUT2D eigenvalue weighted by molar-refractivity contribution is 6.47. The van der Waals surface area contributed by atoms with Crippen LogP contribution >= 0.6 is 0 Å². The molecule has 1 radical (unpaired) electrons. The molecule has 0 spiro atoms. The van der Waals surface area contributed by atoms with Crippen molar-refractivity contribution in [3.8, 4) is 0 Å². The van der Waals surface area contributed by atoms with E-state index in [2.05, 4.69) is 69.3 Å². The van der Waals surface area contributed by atoms with Gasteiger partial charge >= 0.3 is 7.48 Å². The minimum absolute atomic E-state index is 0.0771. The molecular formula is C31H46BO3. The summed E-state index contributed by atoms with van der Waals surface area (Å²) in [6.07, 6.45) is 7.41. The lowest BCUT2D eigenvalue weighted by Crippen LogP contribution is -2.49. The van der Waals surface area contributed by atoms with Gasteiger partial charge < -0.3 is 14.9 Å². The van der Waals surface area contributed by atoms with E-state index in [-0.39, 0.29) is 5.41 Å². The van der Waals surface area contributed by atoms with Gasteiger partial charge in [0.2, 0.25) is 0 Å². The molecule has 0 fully saturated rings. The summed E-state index contributed by atoms with van der Waals surface area (Å²) in [5, 5.41) is 21.0. The lowest BCUT2D eigenvalue weighted by Gasteiger charge is -2.37. The van der Waals surface area contributed by atoms with Crippen molar-refractivity contribution in [1.29, 1.82) is 0 Å². The second kappa shape index (κ2) is 11.5. The van der Waals surface area contributed by atoms with Gasteiger partial charge in [-0.2, -0.15) is 0 Å². The maximum Gasteiger partial charge on any atom is 0.330 e. The van der Waals surface area contributed by atoms with Crippen molar-refractivity contribution >= 4 is 19.0 Å². The lowest BCUT2D eigenvalue weighted by molar-refractivity contribution is -0.0893. The molecule has 0 saturated carbocycles. The van der Waals surface area contributed by atoms with Gasteiger partial charge in [0.05, 0.1) is 16.8 Å². The zero-order valence-corrected chi connectivity index (χ0v) is 23.4. The quantitative estimate of drug-likeness (QED) is 0.344. The maximum absolute atomic E-state index is 10.6. The first-order chi connectivity index (χ1) is 16.3. The van der Waals surface area contributed by atoms with Crippen molar-refractivity contribution in [2.75, 3.05) is 0 Å². The topological polar surface area (TPSA) is 49.7 Å². The van der Waals surface area contributed by atoms with Gasteiger partial charge in [0.1, 0.15) is 0 Å². The monoisotopic (exact) mass is 477 g/mol. The van der Waals surface area contributed by atoms with Crippen molar-refractivity contribution in [3.63, 3.8) is 0 Å². The molecule has 0 bridgehead atoms. The van der Waals surface area contributed by atoms with Crippen LogP contribution in [0.4, 0.5) is 0 Å². The minimum Gasteiger partial charge on any atom is -0.427 e. The van der Waals surface area contributed by atoms with E-state index in [0.29, 0.717) is 12.8 Å². The zero-order valence-electron chi connectivity index (χ0n) is 23.4. The predicted octanol–water partition coefficient (Wildman–Crippen LogP) is 6.48. The maximum atomic E-state index is 10.6. The van der Waals surface area contributed by atoms with E-state index < -0.39 is 16.8 Å². The second-order valence-corrected chi connectivity index (χ2v) is 10.9. The van der Waals surface area contributed by atoms with Gasteiger partial charge in [-0.05, 0) is 82.6 Å². The zero-order chi connectivity index (χ0) is 26.5. The van der Waals surface area contributed by atoms with Crippen molar-refractivity contribution in [1.82, 2.24) is 0 Å². The van der Waals surface area contributed by atoms with Gasteiger partial charge in [-0.3, -0.25) is 0 Å². The number of hydrogen-bond donors (Lipinski definition) is 2. The molecule has 0 saturated heterocycles.